The molecule has 0 heterocycles. The number of benzene rings is 1. The van der Waals surface area contributed by atoms with Crippen molar-refractivity contribution in [1.82, 2.24) is 0 Å². The van der Waals surface area contributed by atoms with Gasteiger partial charge in [-0.1, -0.05) is 0 Å². The van der Waals surface area contributed by atoms with Crippen LogP contribution in [-0.2, 0) is 0 Å². The van der Waals surface area contributed by atoms with Crippen molar-refractivity contribution in [3.8, 4) is 5.75 Å². The Morgan fingerprint density at radius 3 is 2.57 bits per heavy atom. The lowest BCUT2D eigenvalue weighted by atomic mass is 10.1. The van der Waals surface area contributed by atoms with Crippen molar-refractivity contribution >= 4 is 17.2 Å². The summed E-state index contributed by atoms with van der Waals surface area (Å²) in [5.74, 6) is -1.02. The van der Waals surface area contributed by atoms with E-state index in [1.165, 1.54) is 13.0 Å². The van der Waals surface area contributed by atoms with Crippen LogP contribution in [0.4, 0.5) is 11.4 Å². The SMILES string of the molecule is CC(=O)c1ccc([N+](=O)[O-])c(O)c1N. The molecule has 0 saturated carbocycles. The van der Waals surface area contributed by atoms with Crippen LogP contribution in [0.1, 0.15) is 17.3 Å². The molecule has 0 aliphatic carbocycles. The van der Waals surface area contributed by atoms with Crippen molar-refractivity contribution < 1.29 is 14.8 Å². The molecule has 6 nitrogen and oxygen atoms in total. The van der Waals surface area contributed by atoms with Crippen molar-refractivity contribution in [2.24, 2.45) is 0 Å². The van der Waals surface area contributed by atoms with Crippen LogP contribution in [0.3, 0.4) is 0 Å². The minimum absolute atomic E-state index is 0.0769. The zero-order valence-corrected chi connectivity index (χ0v) is 7.35. The van der Waals surface area contributed by atoms with E-state index in [-0.39, 0.29) is 17.0 Å². The third kappa shape index (κ3) is 1.49. The molecule has 0 radical (unpaired) electrons. The first-order valence-corrected chi connectivity index (χ1v) is 3.72. The Balaban J connectivity index is 3.41. The second-order valence-electron chi connectivity index (χ2n) is 2.71. The van der Waals surface area contributed by atoms with Gasteiger partial charge in [-0.05, 0) is 13.0 Å². The van der Waals surface area contributed by atoms with E-state index in [0.717, 1.165) is 6.07 Å². The van der Waals surface area contributed by atoms with E-state index < -0.39 is 16.4 Å². The topological polar surface area (TPSA) is 106 Å². The lowest BCUT2D eigenvalue weighted by Crippen LogP contribution is -2.01. The molecule has 0 bridgehead atoms. The number of nitro benzene ring substituents is 1. The number of ketones is 1. The second kappa shape index (κ2) is 3.33. The van der Waals surface area contributed by atoms with Crippen LogP contribution in [-0.4, -0.2) is 15.8 Å². The summed E-state index contributed by atoms with van der Waals surface area (Å²) in [6, 6.07) is 2.26. The smallest absolute Gasteiger partial charge is 0.312 e. The van der Waals surface area contributed by atoms with Gasteiger partial charge in [0.1, 0.15) is 0 Å². The standard InChI is InChI=1S/C8H8N2O4/c1-4(11)5-2-3-6(10(13)14)8(12)7(5)9/h2-3,12H,9H2,1H3. The molecule has 0 saturated heterocycles. The van der Waals surface area contributed by atoms with Crippen LogP contribution in [0, 0.1) is 10.1 Å². The van der Waals surface area contributed by atoms with E-state index in [0.29, 0.717) is 0 Å². The molecule has 0 fully saturated rings. The first-order valence-electron chi connectivity index (χ1n) is 3.72. The highest BCUT2D eigenvalue weighted by atomic mass is 16.6. The summed E-state index contributed by atoms with van der Waals surface area (Å²) in [6.45, 7) is 1.26. The minimum Gasteiger partial charge on any atom is -0.501 e. The number of nitro groups is 1. The highest BCUT2D eigenvalue weighted by Gasteiger charge is 2.19. The first-order chi connectivity index (χ1) is 6.45. The molecule has 1 rings (SSSR count). The number of phenols is 1. The third-order valence-electron chi connectivity index (χ3n) is 1.77. The second-order valence-corrected chi connectivity index (χ2v) is 2.71. The monoisotopic (exact) mass is 196 g/mol. The fourth-order valence-electron chi connectivity index (χ4n) is 1.05. The number of hydrogen-bond acceptors (Lipinski definition) is 5. The van der Waals surface area contributed by atoms with Crippen LogP contribution in [0.2, 0.25) is 0 Å². The quantitative estimate of drug-likeness (QED) is 0.242. The summed E-state index contributed by atoms with van der Waals surface area (Å²) in [5.41, 5.74) is 4.66. The van der Waals surface area contributed by atoms with Crippen molar-refractivity contribution in [2.75, 3.05) is 5.73 Å². The number of nitrogens with zero attached hydrogens (tertiary/aromatic N) is 1. The largest absolute Gasteiger partial charge is 0.501 e. The van der Waals surface area contributed by atoms with E-state index in [2.05, 4.69) is 0 Å². The van der Waals surface area contributed by atoms with E-state index in [1.807, 2.05) is 0 Å². The van der Waals surface area contributed by atoms with Crippen molar-refractivity contribution in [3.05, 3.63) is 27.8 Å². The highest BCUT2D eigenvalue weighted by Crippen LogP contribution is 2.34. The van der Waals surface area contributed by atoms with E-state index >= 15 is 0 Å². The van der Waals surface area contributed by atoms with Gasteiger partial charge in [0.25, 0.3) is 0 Å². The molecule has 14 heavy (non-hydrogen) atoms. The van der Waals surface area contributed by atoms with Crippen LogP contribution in [0.25, 0.3) is 0 Å². The van der Waals surface area contributed by atoms with Crippen LogP contribution in [0.5, 0.6) is 5.75 Å². The number of carbonyl (C=O) groups is 1. The summed E-state index contributed by atoms with van der Waals surface area (Å²) < 4.78 is 0. The third-order valence-corrected chi connectivity index (χ3v) is 1.77. The molecule has 0 amide bonds. The Hall–Kier alpha value is -2.11. The molecule has 6 heteroatoms. The van der Waals surface area contributed by atoms with Crippen LogP contribution >= 0.6 is 0 Å². The first kappa shape index (κ1) is 9.97. The van der Waals surface area contributed by atoms with E-state index in [4.69, 9.17) is 5.73 Å². The molecule has 0 spiro atoms. The average molecular weight is 196 g/mol. The number of carbonyl (C=O) groups excluding carboxylic acids is 1. The van der Waals surface area contributed by atoms with Crippen LogP contribution < -0.4 is 5.73 Å². The van der Waals surface area contributed by atoms with Crippen molar-refractivity contribution in [2.45, 2.75) is 6.92 Å². The maximum absolute atomic E-state index is 10.9. The molecule has 0 aliphatic heterocycles. The summed E-state index contributed by atoms with van der Waals surface area (Å²) in [4.78, 5) is 20.5. The zero-order valence-electron chi connectivity index (χ0n) is 7.35. The molecule has 0 aliphatic rings. The Morgan fingerprint density at radius 1 is 1.57 bits per heavy atom. The predicted molar refractivity (Wildman–Crippen MR) is 49.2 cm³/mol. The van der Waals surface area contributed by atoms with Gasteiger partial charge in [-0.25, -0.2) is 0 Å². The summed E-state index contributed by atoms with van der Waals surface area (Å²) in [6.07, 6.45) is 0. The summed E-state index contributed by atoms with van der Waals surface area (Å²) >= 11 is 0. The molecule has 1 aromatic rings. The van der Waals surface area contributed by atoms with Gasteiger partial charge in [0, 0.05) is 11.6 Å². The summed E-state index contributed by atoms with van der Waals surface area (Å²) in [7, 11) is 0. The van der Waals surface area contributed by atoms with Gasteiger partial charge < -0.3 is 10.8 Å². The average Bonchev–Trinajstić information content (AvgIpc) is 2.08. The molecule has 0 aromatic heterocycles. The van der Waals surface area contributed by atoms with Gasteiger partial charge in [0.2, 0.25) is 5.75 Å². The normalized spacial score (nSPS) is 9.79. The number of anilines is 1. The molecule has 3 N–H and O–H groups in total. The molecular formula is C8H8N2O4. The number of nitrogens with two attached hydrogens (primary N) is 1. The number of nitrogen functional groups attached to an aromatic ring is 1. The number of hydrogen-bond donors (Lipinski definition) is 2. The van der Waals surface area contributed by atoms with Gasteiger partial charge in [-0.3, -0.25) is 14.9 Å². The summed E-state index contributed by atoms with van der Waals surface area (Å²) in [5, 5.41) is 19.6. The van der Waals surface area contributed by atoms with Gasteiger partial charge in [0.15, 0.2) is 5.78 Å². The van der Waals surface area contributed by atoms with Crippen molar-refractivity contribution in [3.63, 3.8) is 0 Å². The Kier molecular flexibility index (Phi) is 2.37. The lowest BCUT2D eigenvalue weighted by molar-refractivity contribution is -0.385. The Bertz CT molecular complexity index is 375. The lowest BCUT2D eigenvalue weighted by Gasteiger charge is -2.03. The Labute approximate surface area is 79.1 Å². The number of aromatic hydroxyl groups is 1. The van der Waals surface area contributed by atoms with Gasteiger partial charge in [-0.2, -0.15) is 0 Å². The number of phenolic OH excluding ortho intramolecular Hbond substituents is 1. The van der Waals surface area contributed by atoms with E-state index in [1.54, 1.807) is 0 Å². The zero-order chi connectivity index (χ0) is 10.9. The molecule has 0 atom stereocenters. The molecule has 1 aromatic carbocycles. The maximum atomic E-state index is 10.9. The van der Waals surface area contributed by atoms with Gasteiger partial charge in [-0.15, -0.1) is 0 Å². The molecule has 0 unspecified atom stereocenters. The fraction of sp³-hybridized carbons (Fsp3) is 0.125. The molecular weight excluding hydrogens is 188 g/mol. The van der Waals surface area contributed by atoms with Gasteiger partial charge in [0.05, 0.1) is 10.6 Å². The number of Topliss-reactive ketones (excluding diaryl/α,β-unsaturated/α-hetero) is 1. The number of rotatable bonds is 2. The van der Waals surface area contributed by atoms with Crippen molar-refractivity contribution in [1.29, 1.82) is 0 Å². The fourth-order valence-corrected chi connectivity index (χ4v) is 1.05. The predicted octanol–water partition coefficient (Wildman–Crippen LogP) is 1.09. The van der Waals surface area contributed by atoms with E-state index in [9.17, 15) is 20.0 Å². The van der Waals surface area contributed by atoms with Gasteiger partial charge >= 0.3 is 5.69 Å². The van der Waals surface area contributed by atoms with Crippen LogP contribution in [0.15, 0.2) is 12.1 Å². The molecule has 74 valence electrons. The Morgan fingerprint density at radius 2 is 2.14 bits per heavy atom. The highest BCUT2D eigenvalue weighted by molar-refractivity contribution is 6.01. The maximum Gasteiger partial charge on any atom is 0.312 e. The minimum atomic E-state index is -0.768.